The minimum Gasteiger partial charge on any atom is -0.227 e. The largest absolute Gasteiger partial charge is 0.227 e. The van der Waals surface area contributed by atoms with E-state index >= 15 is 0 Å². The van der Waals surface area contributed by atoms with E-state index < -0.39 is 0 Å². The van der Waals surface area contributed by atoms with Crippen molar-refractivity contribution >= 4 is 45.9 Å². The van der Waals surface area contributed by atoms with Crippen LogP contribution >= 0.6 is 34.5 Å². The third-order valence-electron chi connectivity index (χ3n) is 5.05. The van der Waals surface area contributed by atoms with Crippen LogP contribution < -0.4 is 0 Å². The molecule has 0 radical (unpaired) electrons. The fourth-order valence-corrected chi connectivity index (χ4v) is 4.68. The Balaban J connectivity index is 1.48. The molecule has 0 saturated heterocycles. The van der Waals surface area contributed by atoms with Gasteiger partial charge in [-0.25, -0.2) is 9.98 Å². The van der Waals surface area contributed by atoms with Crippen LogP contribution in [0.4, 0.5) is 5.13 Å². The van der Waals surface area contributed by atoms with Gasteiger partial charge >= 0.3 is 0 Å². The third kappa shape index (κ3) is 4.60. The van der Waals surface area contributed by atoms with Gasteiger partial charge in [0.15, 0.2) is 0 Å². The molecule has 0 amide bonds. The highest BCUT2D eigenvalue weighted by Gasteiger charge is 2.15. The molecule has 1 saturated carbocycles. The topological polar surface area (TPSA) is 25.2 Å². The summed E-state index contributed by atoms with van der Waals surface area (Å²) in [6.45, 7) is 0. The highest BCUT2D eigenvalue weighted by atomic mass is 35.5. The molecule has 1 aromatic heterocycles. The fraction of sp³-hybridized carbons (Fsp3) is 0.273. The SMILES string of the molecule is Clc1ccc(C=Nc2nc(-c3ccc(C4CCCCC4)cc3)cs2)c(Cl)c1. The van der Waals surface area contributed by atoms with E-state index in [0.717, 1.165) is 22.7 Å². The van der Waals surface area contributed by atoms with Gasteiger partial charge in [-0.15, -0.1) is 11.3 Å². The smallest absolute Gasteiger partial charge is 0.209 e. The predicted octanol–water partition coefficient (Wildman–Crippen LogP) is 7.92. The molecule has 0 atom stereocenters. The Kier molecular flexibility index (Phi) is 5.92. The van der Waals surface area contributed by atoms with Crippen LogP contribution in [0.1, 0.15) is 49.1 Å². The second kappa shape index (κ2) is 8.55. The lowest BCUT2D eigenvalue weighted by molar-refractivity contribution is 0.443. The molecule has 138 valence electrons. The highest BCUT2D eigenvalue weighted by molar-refractivity contribution is 7.13. The molecule has 0 bridgehead atoms. The maximum atomic E-state index is 6.18. The number of thiazole rings is 1. The summed E-state index contributed by atoms with van der Waals surface area (Å²) in [7, 11) is 0. The molecular weight excluding hydrogens is 395 g/mol. The molecule has 0 N–H and O–H groups in total. The van der Waals surface area contributed by atoms with E-state index in [4.69, 9.17) is 23.2 Å². The van der Waals surface area contributed by atoms with Crippen LogP contribution in [0.25, 0.3) is 11.3 Å². The lowest BCUT2D eigenvalue weighted by atomic mass is 9.84. The molecule has 1 aliphatic rings. The van der Waals surface area contributed by atoms with Crippen LogP contribution in [0.2, 0.25) is 10.0 Å². The number of benzene rings is 2. The van der Waals surface area contributed by atoms with Crippen molar-refractivity contribution in [1.29, 1.82) is 0 Å². The highest BCUT2D eigenvalue weighted by Crippen LogP contribution is 2.34. The van der Waals surface area contributed by atoms with Gasteiger partial charge in [-0.2, -0.15) is 0 Å². The van der Waals surface area contributed by atoms with Crippen LogP contribution in [0.5, 0.6) is 0 Å². The Morgan fingerprint density at radius 3 is 2.52 bits per heavy atom. The number of rotatable bonds is 4. The Morgan fingerprint density at radius 2 is 1.78 bits per heavy atom. The van der Waals surface area contributed by atoms with Crippen LogP contribution in [0.3, 0.4) is 0 Å². The molecule has 1 fully saturated rings. The standard InChI is InChI=1S/C22H20Cl2N2S/c23-19-11-10-18(20(24)12-19)13-25-22-26-21(14-27-22)17-8-6-16(7-9-17)15-4-2-1-3-5-15/h6-15H,1-5H2. The van der Waals surface area contributed by atoms with E-state index in [2.05, 4.69) is 34.2 Å². The molecule has 3 aromatic rings. The first kappa shape index (κ1) is 18.7. The summed E-state index contributed by atoms with van der Waals surface area (Å²) in [5.41, 5.74) is 4.39. The Morgan fingerprint density at radius 1 is 1.00 bits per heavy atom. The van der Waals surface area contributed by atoms with Gasteiger partial charge in [0.05, 0.1) is 10.7 Å². The van der Waals surface area contributed by atoms with Gasteiger partial charge in [-0.1, -0.05) is 72.8 Å². The minimum absolute atomic E-state index is 0.585. The van der Waals surface area contributed by atoms with E-state index in [1.54, 1.807) is 18.3 Å². The number of aliphatic imine (C=N–C) groups is 1. The van der Waals surface area contributed by atoms with E-state index in [-0.39, 0.29) is 0 Å². The summed E-state index contributed by atoms with van der Waals surface area (Å²) in [6, 6.07) is 14.3. The third-order valence-corrected chi connectivity index (χ3v) is 6.36. The molecule has 5 heteroatoms. The Bertz CT molecular complexity index is 941. The van der Waals surface area contributed by atoms with Gasteiger partial charge in [0.2, 0.25) is 5.13 Å². The number of aromatic nitrogens is 1. The first-order chi connectivity index (χ1) is 13.2. The van der Waals surface area contributed by atoms with Crippen LogP contribution in [0, 0.1) is 0 Å². The molecule has 0 spiro atoms. The van der Waals surface area contributed by atoms with Gasteiger partial charge in [0.25, 0.3) is 0 Å². The van der Waals surface area contributed by atoms with Crippen molar-refractivity contribution in [3.8, 4) is 11.3 Å². The number of hydrogen-bond donors (Lipinski definition) is 0. The van der Waals surface area contributed by atoms with Crippen molar-refractivity contribution in [3.63, 3.8) is 0 Å². The summed E-state index contributed by atoms with van der Waals surface area (Å²) in [4.78, 5) is 9.10. The summed E-state index contributed by atoms with van der Waals surface area (Å²) < 4.78 is 0. The predicted molar refractivity (Wildman–Crippen MR) is 117 cm³/mol. The maximum Gasteiger partial charge on any atom is 0.209 e. The lowest BCUT2D eigenvalue weighted by Crippen LogP contribution is -2.04. The van der Waals surface area contributed by atoms with Crippen molar-refractivity contribution in [3.05, 3.63) is 69.0 Å². The van der Waals surface area contributed by atoms with Crippen LogP contribution in [0.15, 0.2) is 52.8 Å². The second-order valence-corrected chi connectivity index (χ2v) is 8.58. The lowest BCUT2D eigenvalue weighted by Gasteiger charge is -2.22. The average molecular weight is 415 g/mol. The van der Waals surface area contributed by atoms with Gasteiger partial charge in [0, 0.05) is 27.7 Å². The first-order valence-corrected chi connectivity index (χ1v) is 10.9. The first-order valence-electron chi connectivity index (χ1n) is 9.24. The average Bonchev–Trinajstić information content (AvgIpc) is 3.17. The van der Waals surface area contributed by atoms with Crippen molar-refractivity contribution in [2.75, 3.05) is 0 Å². The maximum absolute atomic E-state index is 6.18. The van der Waals surface area contributed by atoms with Crippen molar-refractivity contribution in [1.82, 2.24) is 4.98 Å². The zero-order valence-electron chi connectivity index (χ0n) is 14.9. The number of hydrogen-bond acceptors (Lipinski definition) is 3. The molecule has 4 rings (SSSR count). The molecule has 1 heterocycles. The Hall–Kier alpha value is -1.68. The quantitative estimate of drug-likeness (QED) is 0.397. The van der Waals surface area contributed by atoms with Gasteiger partial charge in [-0.3, -0.25) is 0 Å². The van der Waals surface area contributed by atoms with Crippen molar-refractivity contribution < 1.29 is 0 Å². The summed E-state index contributed by atoms with van der Waals surface area (Å²) in [5, 5.41) is 3.96. The fourth-order valence-electron chi connectivity index (χ4n) is 3.55. The molecule has 1 aliphatic carbocycles. The molecule has 2 aromatic carbocycles. The monoisotopic (exact) mass is 414 g/mol. The Labute approximate surface area is 173 Å². The number of halogens is 2. The van der Waals surface area contributed by atoms with E-state index in [1.807, 2.05) is 11.4 Å². The minimum atomic E-state index is 0.585. The summed E-state index contributed by atoms with van der Waals surface area (Å²) in [5.74, 6) is 0.729. The van der Waals surface area contributed by atoms with Crippen molar-refractivity contribution in [2.45, 2.75) is 38.0 Å². The molecule has 27 heavy (non-hydrogen) atoms. The van der Waals surface area contributed by atoms with Crippen molar-refractivity contribution in [2.24, 2.45) is 4.99 Å². The molecule has 0 unspecified atom stereocenters. The molecule has 0 aliphatic heterocycles. The van der Waals surface area contributed by atoms with E-state index in [0.29, 0.717) is 15.2 Å². The molecular formula is C22H20Cl2N2S. The second-order valence-electron chi connectivity index (χ2n) is 6.90. The summed E-state index contributed by atoms with van der Waals surface area (Å²) >= 11 is 13.6. The van der Waals surface area contributed by atoms with E-state index in [9.17, 15) is 0 Å². The van der Waals surface area contributed by atoms with Gasteiger partial charge in [-0.05, 0) is 36.5 Å². The van der Waals surface area contributed by atoms with Gasteiger partial charge in [0.1, 0.15) is 0 Å². The number of nitrogens with zero attached hydrogens (tertiary/aromatic N) is 2. The zero-order valence-corrected chi connectivity index (χ0v) is 17.2. The molecule has 2 nitrogen and oxygen atoms in total. The van der Waals surface area contributed by atoms with E-state index in [1.165, 1.54) is 49.0 Å². The van der Waals surface area contributed by atoms with Crippen LogP contribution in [-0.2, 0) is 0 Å². The zero-order chi connectivity index (χ0) is 18.6. The van der Waals surface area contributed by atoms with Crippen LogP contribution in [-0.4, -0.2) is 11.2 Å². The summed E-state index contributed by atoms with van der Waals surface area (Å²) in [6.07, 6.45) is 8.48. The van der Waals surface area contributed by atoms with Gasteiger partial charge < -0.3 is 0 Å². The normalized spacial score (nSPS) is 15.5.